The van der Waals surface area contributed by atoms with Gasteiger partial charge in [0.25, 0.3) is 0 Å². The van der Waals surface area contributed by atoms with Gasteiger partial charge < -0.3 is 4.90 Å². The molecule has 1 aliphatic rings. The van der Waals surface area contributed by atoms with E-state index in [0.717, 1.165) is 29.9 Å². The highest BCUT2D eigenvalue weighted by Gasteiger charge is 2.37. The lowest BCUT2D eigenvalue weighted by Gasteiger charge is -2.31. The Hall–Kier alpha value is -6.70. The number of hydrogen-bond donors (Lipinski definition) is 0. The second kappa shape index (κ2) is 15.1. The van der Waals surface area contributed by atoms with Crippen molar-refractivity contribution >= 4 is 33.4 Å². The van der Waals surface area contributed by atoms with Gasteiger partial charge in [-0.3, -0.25) is 0 Å². The smallest absolute Gasteiger partial charge is 0.0546 e. The van der Waals surface area contributed by atoms with Gasteiger partial charge in [0, 0.05) is 22.4 Å². The number of nitrogens with zero attached hydrogens (tertiary/aromatic N) is 1. The average molecular weight is 734 g/mol. The van der Waals surface area contributed by atoms with Crippen molar-refractivity contribution in [3.8, 4) is 44.5 Å². The highest BCUT2D eigenvalue weighted by molar-refractivity contribution is 6.02. The minimum Gasteiger partial charge on any atom is -0.310 e. The second-order valence-corrected chi connectivity index (χ2v) is 15.7. The minimum absolute atomic E-state index is 0.0919. The van der Waals surface area contributed by atoms with E-state index in [1.54, 1.807) is 0 Å². The number of fused-ring (bicyclic) bond motifs is 2. The zero-order valence-electron chi connectivity index (χ0n) is 33.0. The molecule has 8 aromatic carbocycles. The molecular weight excluding hydrogens is 687 g/mol. The zero-order valence-corrected chi connectivity index (χ0v) is 33.0. The number of benzene rings is 8. The fraction of sp³-hybridized carbons (Fsp3) is 0.107. The van der Waals surface area contributed by atoms with Gasteiger partial charge in [-0.15, -0.1) is 6.58 Å². The van der Waals surface area contributed by atoms with Crippen LogP contribution < -0.4 is 4.90 Å². The molecular formula is C56H47N. The summed E-state index contributed by atoms with van der Waals surface area (Å²) in [5.41, 5.74) is 18.6. The molecule has 0 aliphatic heterocycles. The van der Waals surface area contributed by atoms with Crippen molar-refractivity contribution in [3.05, 3.63) is 217 Å². The molecule has 1 nitrogen and oxygen atoms in total. The molecule has 1 heteroatoms. The standard InChI is InChI=1S/C56H47N/c1-5-6-33-52-39(2)47-30-18-32-50(55(47)56(52,3)4)44-26-17-27-45(38-44)57(46-36-35-40-20-13-14-25-43(40)37-46)53-34-19-31-49(42-23-11-8-12-24-42)54(53)51-29-16-15-28-48(51)41-21-9-7-10-22-41/h5,7-32,34-38H,1,6,33H2,2-4H3. The molecule has 0 saturated heterocycles. The first kappa shape index (κ1) is 36.0. The summed E-state index contributed by atoms with van der Waals surface area (Å²) in [4.78, 5) is 2.48. The predicted molar refractivity (Wildman–Crippen MR) is 245 cm³/mol. The summed E-state index contributed by atoms with van der Waals surface area (Å²) < 4.78 is 0. The van der Waals surface area contributed by atoms with Gasteiger partial charge in [0.2, 0.25) is 0 Å². The van der Waals surface area contributed by atoms with Crippen LogP contribution in [0.4, 0.5) is 17.1 Å². The van der Waals surface area contributed by atoms with Crippen molar-refractivity contribution in [2.24, 2.45) is 0 Å². The van der Waals surface area contributed by atoms with Crippen LogP contribution in [0.2, 0.25) is 0 Å². The summed E-state index contributed by atoms with van der Waals surface area (Å²) in [5, 5.41) is 2.43. The maximum atomic E-state index is 4.04. The summed E-state index contributed by atoms with van der Waals surface area (Å²) >= 11 is 0. The Labute approximate surface area is 337 Å². The third kappa shape index (κ3) is 6.50. The Kier molecular flexibility index (Phi) is 9.52. The number of anilines is 3. The number of rotatable bonds is 10. The van der Waals surface area contributed by atoms with Gasteiger partial charge in [0.05, 0.1) is 5.69 Å². The van der Waals surface area contributed by atoms with Gasteiger partial charge in [-0.05, 0) is 117 Å². The first-order chi connectivity index (χ1) is 27.9. The summed E-state index contributed by atoms with van der Waals surface area (Å²) in [7, 11) is 0. The van der Waals surface area contributed by atoms with Crippen LogP contribution in [0, 0.1) is 0 Å². The fourth-order valence-corrected chi connectivity index (χ4v) is 9.30. The molecule has 0 unspecified atom stereocenters. The maximum Gasteiger partial charge on any atom is 0.0546 e. The molecule has 0 N–H and O–H groups in total. The van der Waals surface area contributed by atoms with Crippen molar-refractivity contribution in [2.75, 3.05) is 4.90 Å². The highest BCUT2D eigenvalue weighted by Crippen LogP contribution is 2.53. The Morgan fingerprint density at radius 1 is 0.491 bits per heavy atom. The van der Waals surface area contributed by atoms with Gasteiger partial charge in [0.1, 0.15) is 0 Å². The van der Waals surface area contributed by atoms with E-state index >= 15 is 0 Å². The Balaban J connectivity index is 1.30. The minimum atomic E-state index is -0.0919. The molecule has 8 aromatic rings. The molecule has 0 fully saturated rings. The molecule has 0 saturated carbocycles. The van der Waals surface area contributed by atoms with Crippen LogP contribution >= 0.6 is 0 Å². The van der Waals surface area contributed by atoms with Gasteiger partial charge in [-0.25, -0.2) is 0 Å². The van der Waals surface area contributed by atoms with Crippen molar-refractivity contribution < 1.29 is 0 Å². The van der Waals surface area contributed by atoms with Gasteiger partial charge in [0.15, 0.2) is 0 Å². The largest absolute Gasteiger partial charge is 0.310 e. The van der Waals surface area contributed by atoms with E-state index in [4.69, 9.17) is 0 Å². The summed E-state index contributed by atoms with van der Waals surface area (Å²) in [6.07, 6.45) is 4.05. The van der Waals surface area contributed by atoms with Gasteiger partial charge >= 0.3 is 0 Å². The summed E-state index contributed by atoms with van der Waals surface area (Å²) in [6.45, 7) is 11.2. The Bertz CT molecular complexity index is 2790. The maximum absolute atomic E-state index is 4.04. The molecule has 0 spiro atoms. The van der Waals surface area contributed by atoms with Crippen molar-refractivity contribution in [1.29, 1.82) is 0 Å². The molecule has 0 bridgehead atoms. The normalized spacial score (nSPS) is 13.1. The Morgan fingerprint density at radius 3 is 1.81 bits per heavy atom. The lowest BCUT2D eigenvalue weighted by molar-refractivity contribution is 0.610. The first-order valence-electron chi connectivity index (χ1n) is 20.1. The Morgan fingerprint density at radius 2 is 1.05 bits per heavy atom. The van der Waals surface area contributed by atoms with Crippen molar-refractivity contribution in [2.45, 2.75) is 39.0 Å². The van der Waals surface area contributed by atoms with Crippen LogP contribution in [0.3, 0.4) is 0 Å². The van der Waals surface area contributed by atoms with Crippen LogP contribution in [-0.2, 0) is 5.41 Å². The zero-order chi connectivity index (χ0) is 38.9. The lowest BCUT2D eigenvalue weighted by atomic mass is 9.76. The summed E-state index contributed by atoms with van der Waals surface area (Å²) in [6, 6.07) is 68.9. The predicted octanol–water partition coefficient (Wildman–Crippen LogP) is 16.0. The van der Waals surface area contributed by atoms with Crippen LogP contribution in [0.5, 0.6) is 0 Å². The second-order valence-electron chi connectivity index (χ2n) is 15.7. The van der Waals surface area contributed by atoms with Crippen LogP contribution in [0.1, 0.15) is 44.7 Å². The summed E-state index contributed by atoms with van der Waals surface area (Å²) in [5.74, 6) is 0. The molecule has 0 heterocycles. The third-order valence-electron chi connectivity index (χ3n) is 12.0. The highest BCUT2D eigenvalue weighted by atomic mass is 15.1. The topological polar surface area (TPSA) is 3.24 Å². The molecule has 1 aliphatic carbocycles. The molecule has 0 amide bonds. The van der Waals surface area contributed by atoms with E-state index in [1.165, 1.54) is 77.6 Å². The quantitative estimate of drug-likeness (QED) is 0.127. The molecule has 57 heavy (non-hydrogen) atoms. The van der Waals surface area contributed by atoms with E-state index in [-0.39, 0.29) is 5.41 Å². The molecule has 0 atom stereocenters. The van der Waals surface area contributed by atoms with E-state index in [0.29, 0.717) is 0 Å². The molecule has 9 rings (SSSR count). The third-order valence-corrected chi connectivity index (χ3v) is 12.0. The van der Waals surface area contributed by atoms with Crippen LogP contribution in [0.25, 0.3) is 60.9 Å². The molecule has 276 valence electrons. The van der Waals surface area contributed by atoms with Gasteiger partial charge in [-0.1, -0.05) is 183 Å². The van der Waals surface area contributed by atoms with Crippen LogP contribution in [-0.4, -0.2) is 0 Å². The first-order valence-corrected chi connectivity index (χ1v) is 20.1. The number of allylic oxidation sites excluding steroid dienone is 3. The van der Waals surface area contributed by atoms with Crippen LogP contribution in [0.15, 0.2) is 206 Å². The molecule has 0 aromatic heterocycles. The van der Waals surface area contributed by atoms with E-state index in [2.05, 4.69) is 220 Å². The van der Waals surface area contributed by atoms with Crippen molar-refractivity contribution in [3.63, 3.8) is 0 Å². The van der Waals surface area contributed by atoms with Crippen molar-refractivity contribution in [1.82, 2.24) is 0 Å². The SMILES string of the molecule is C=CCCC1=C(C)c2cccc(-c3cccc(N(c4ccc5ccccc5c4)c4cccc(-c5ccccc5)c4-c4ccccc4-c4ccccc4)c3)c2C1(C)C. The molecule has 0 radical (unpaired) electrons. The van der Waals surface area contributed by atoms with Gasteiger partial charge in [-0.2, -0.15) is 0 Å². The lowest BCUT2D eigenvalue weighted by Crippen LogP contribution is -2.18. The monoisotopic (exact) mass is 733 g/mol. The van der Waals surface area contributed by atoms with E-state index in [1.807, 2.05) is 6.08 Å². The fourth-order valence-electron chi connectivity index (χ4n) is 9.30. The average Bonchev–Trinajstić information content (AvgIpc) is 3.46. The van der Waals surface area contributed by atoms with E-state index < -0.39 is 0 Å². The number of hydrogen-bond acceptors (Lipinski definition) is 1. The van der Waals surface area contributed by atoms with E-state index in [9.17, 15) is 0 Å².